The van der Waals surface area contributed by atoms with Crippen molar-refractivity contribution in [2.75, 3.05) is 13.1 Å². The predicted octanol–water partition coefficient (Wildman–Crippen LogP) is 1.10. The largest absolute Gasteiger partial charge is 0.341 e. The lowest BCUT2D eigenvalue weighted by Gasteiger charge is -2.15. The maximum Gasteiger partial charge on any atom is 0.227 e. The number of carbonyl (C=O) groups is 1. The zero-order valence-electron chi connectivity index (χ0n) is 9.65. The van der Waals surface area contributed by atoms with Crippen molar-refractivity contribution in [3.63, 3.8) is 0 Å². The zero-order chi connectivity index (χ0) is 11.5. The molecule has 0 aliphatic carbocycles. The van der Waals surface area contributed by atoms with Gasteiger partial charge in [0.1, 0.15) is 0 Å². The number of nitrogens with two attached hydrogens (primary N) is 1. The fraction of sp³-hybridized carbons (Fsp3) is 0.462. The van der Waals surface area contributed by atoms with Crippen LogP contribution in [0.25, 0.3) is 0 Å². The molecule has 1 aliphatic rings. The summed E-state index contributed by atoms with van der Waals surface area (Å²) in [5.74, 6) is 0.193. The summed E-state index contributed by atoms with van der Waals surface area (Å²) in [5.41, 5.74) is 8.07. The van der Waals surface area contributed by atoms with Crippen molar-refractivity contribution in [2.24, 2.45) is 5.73 Å². The van der Waals surface area contributed by atoms with E-state index in [9.17, 15) is 4.79 Å². The highest BCUT2D eigenvalue weighted by Crippen LogP contribution is 2.11. The van der Waals surface area contributed by atoms with E-state index in [2.05, 4.69) is 6.07 Å². The van der Waals surface area contributed by atoms with Crippen LogP contribution in [0.4, 0.5) is 0 Å². The van der Waals surface area contributed by atoms with Crippen molar-refractivity contribution in [3.8, 4) is 0 Å². The second-order valence-corrected chi connectivity index (χ2v) is 4.55. The van der Waals surface area contributed by atoms with Crippen molar-refractivity contribution < 1.29 is 4.79 Å². The standard InChI is InChI=1S/C13H18N2O/c1-10-3-2-4-11(7-10)8-13(16)15-6-5-12(14)9-15/h2-4,7,12H,5-6,8-9,14H2,1H3/t12-/m0/s1. The van der Waals surface area contributed by atoms with E-state index in [1.165, 1.54) is 5.56 Å². The van der Waals surface area contributed by atoms with Crippen LogP contribution in [-0.4, -0.2) is 29.9 Å². The second-order valence-electron chi connectivity index (χ2n) is 4.55. The number of likely N-dealkylation sites (tertiary alicyclic amines) is 1. The van der Waals surface area contributed by atoms with Crippen molar-refractivity contribution in [3.05, 3.63) is 35.4 Å². The number of amides is 1. The van der Waals surface area contributed by atoms with Gasteiger partial charge in [-0.3, -0.25) is 4.79 Å². The Labute approximate surface area is 96.2 Å². The van der Waals surface area contributed by atoms with E-state index in [-0.39, 0.29) is 11.9 Å². The molecule has 3 nitrogen and oxygen atoms in total. The number of benzene rings is 1. The summed E-state index contributed by atoms with van der Waals surface area (Å²) >= 11 is 0. The molecule has 1 aliphatic heterocycles. The third kappa shape index (κ3) is 2.61. The minimum atomic E-state index is 0.168. The minimum absolute atomic E-state index is 0.168. The number of nitrogens with zero attached hydrogens (tertiary/aromatic N) is 1. The maximum absolute atomic E-state index is 11.9. The first-order valence-corrected chi connectivity index (χ1v) is 5.74. The Morgan fingerprint density at radius 3 is 3.00 bits per heavy atom. The third-order valence-corrected chi connectivity index (χ3v) is 3.02. The molecule has 0 radical (unpaired) electrons. The number of rotatable bonds is 2. The lowest BCUT2D eigenvalue weighted by atomic mass is 10.1. The first-order chi connectivity index (χ1) is 7.65. The number of hydrogen-bond donors (Lipinski definition) is 1. The molecule has 0 aromatic heterocycles. The average Bonchev–Trinajstić information content (AvgIpc) is 2.65. The molecule has 0 bridgehead atoms. The SMILES string of the molecule is Cc1cccc(CC(=O)N2CC[C@H](N)C2)c1. The van der Waals surface area contributed by atoms with Crippen LogP contribution < -0.4 is 5.73 Å². The van der Waals surface area contributed by atoms with E-state index in [0.29, 0.717) is 13.0 Å². The van der Waals surface area contributed by atoms with Crippen LogP contribution in [0, 0.1) is 6.92 Å². The fourth-order valence-electron chi connectivity index (χ4n) is 2.12. The summed E-state index contributed by atoms with van der Waals surface area (Å²) < 4.78 is 0. The van der Waals surface area contributed by atoms with Gasteiger partial charge in [-0.05, 0) is 18.9 Å². The van der Waals surface area contributed by atoms with Gasteiger partial charge in [0, 0.05) is 19.1 Å². The summed E-state index contributed by atoms with van der Waals surface area (Å²) in [4.78, 5) is 13.8. The van der Waals surface area contributed by atoms with Gasteiger partial charge in [-0.25, -0.2) is 0 Å². The van der Waals surface area contributed by atoms with Crippen molar-refractivity contribution in [1.82, 2.24) is 4.90 Å². The topological polar surface area (TPSA) is 46.3 Å². The van der Waals surface area contributed by atoms with E-state index in [4.69, 9.17) is 5.73 Å². The summed E-state index contributed by atoms with van der Waals surface area (Å²) in [7, 11) is 0. The third-order valence-electron chi connectivity index (χ3n) is 3.02. The van der Waals surface area contributed by atoms with Gasteiger partial charge in [0.05, 0.1) is 6.42 Å². The summed E-state index contributed by atoms with van der Waals surface area (Å²) in [5, 5.41) is 0. The van der Waals surface area contributed by atoms with Crippen molar-refractivity contribution >= 4 is 5.91 Å². The van der Waals surface area contributed by atoms with Gasteiger partial charge in [0.2, 0.25) is 5.91 Å². The first kappa shape index (κ1) is 11.1. The molecule has 1 fully saturated rings. The molecule has 1 atom stereocenters. The molecule has 1 saturated heterocycles. The molecular formula is C13H18N2O. The van der Waals surface area contributed by atoms with Crippen molar-refractivity contribution in [2.45, 2.75) is 25.8 Å². The molecule has 1 aromatic carbocycles. The van der Waals surface area contributed by atoms with E-state index in [0.717, 1.165) is 18.5 Å². The number of aryl methyl sites for hydroxylation is 1. The number of carbonyl (C=O) groups excluding carboxylic acids is 1. The van der Waals surface area contributed by atoms with Crippen LogP contribution in [0.3, 0.4) is 0 Å². The highest BCUT2D eigenvalue weighted by molar-refractivity contribution is 5.79. The Morgan fingerprint density at radius 1 is 1.56 bits per heavy atom. The molecule has 2 N–H and O–H groups in total. The first-order valence-electron chi connectivity index (χ1n) is 5.74. The Hall–Kier alpha value is -1.35. The lowest BCUT2D eigenvalue weighted by Crippen LogP contribution is -2.32. The van der Waals surface area contributed by atoms with Crippen LogP contribution in [0.15, 0.2) is 24.3 Å². The van der Waals surface area contributed by atoms with Gasteiger partial charge in [-0.15, -0.1) is 0 Å². The van der Waals surface area contributed by atoms with Gasteiger partial charge in [-0.1, -0.05) is 29.8 Å². The summed E-state index contributed by atoms with van der Waals surface area (Å²) in [6, 6.07) is 8.27. The van der Waals surface area contributed by atoms with Gasteiger partial charge < -0.3 is 10.6 Å². The quantitative estimate of drug-likeness (QED) is 0.808. The lowest BCUT2D eigenvalue weighted by molar-refractivity contribution is -0.129. The molecular weight excluding hydrogens is 200 g/mol. The molecule has 16 heavy (non-hydrogen) atoms. The van der Waals surface area contributed by atoms with E-state index >= 15 is 0 Å². The smallest absolute Gasteiger partial charge is 0.227 e. The second kappa shape index (κ2) is 4.66. The Kier molecular flexibility index (Phi) is 3.25. The van der Waals surface area contributed by atoms with Crippen LogP contribution >= 0.6 is 0 Å². The van der Waals surface area contributed by atoms with E-state index in [1.807, 2.05) is 30.0 Å². The monoisotopic (exact) mass is 218 g/mol. The highest BCUT2D eigenvalue weighted by atomic mass is 16.2. The maximum atomic E-state index is 11.9. The predicted molar refractivity (Wildman–Crippen MR) is 64.1 cm³/mol. The molecule has 1 amide bonds. The van der Waals surface area contributed by atoms with E-state index < -0.39 is 0 Å². The van der Waals surface area contributed by atoms with Gasteiger partial charge in [0.15, 0.2) is 0 Å². The van der Waals surface area contributed by atoms with Gasteiger partial charge in [0.25, 0.3) is 0 Å². The molecule has 2 rings (SSSR count). The van der Waals surface area contributed by atoms with Crippen molar-refractivity contribution in [1.29, 1.82) is 0 Å². The van der Waals surface area contributed by atoms with Crippen LogP contribution in [-0.2, 0) is 11.2 Å². The highest BCUT2D eigenvalue weighted by Gasteiger charge is 2.23. The molecule has 3 heteroatoms. The fourth-order valence-corrected chi connectivity index (χ4v) is 2.12. The summed E-state index contributed by atoms with van der Waals surface area (Å²) in [6.07, 6.45) is 1.42. The Morgan fingerprint density at radius 2 is 2.38 bits per heavy atom. The molecule has 1 heterocycles. The normalized spacial score (nSPS) is 20.1. The molecule has 86 valence electrons. The van der Waals surface area contributed by atoms with Crippen LogP contribution in [0.5, 0.6) is 0 Å². The summed E-state index contributed by atoms with van der Waals surface area (Å²) in [6.45, 7) is 3.57. The Bertz CT molecular complexity index is 389. The molecule has 0 unspecified atom stereocenters. The minimum Gasteiger partial charge on any atom is -0.341 e. The van der Waals surface area contributed by atoms with Crippen LogP contribution in [0.2, 0.25) is 0 Å². The van der Waals surface area contributed by atoms with Gasteiger partial charge in [-0.2, -0.15) is 0 Å². The van der Waals surface area contributed by atoms with Crippen LogP contribution in [0.1, 0.15) is 17.5 Å². The average molecular weight is 218 g/mol. The van der Waals surface area contributed by atoms with Gasteiger partial charge >= 0.3 is 0 Å². The Balaban J connectivity index is 1.97. The molecule has 0 spiro atoms. The number of hydrogen-bond acceptors (Lipinski definition) is 2. The molecule has 1 aromatic rings. The molecule has 0 saturated carbocycles. The zero-order valence-corrected chi connectivity index (χ0v) is 9.65. The van der Waals surface area contributed by atoms with E-state index in [1.54, 1.807) is 0 Å².